The van der Waals surface area contributed by atoms with E-state index < -0.39 is 5.91 Å². The van der Waals surface area contributed by atoms with Crippen LogP contribution in [0.25, 0.3) is 11.1 Å². The lowest BCUT2D eigenvalue weighted by atomic mass is 10.0. The van der Waals surface area contributed by atoms with Crippen LogP contribution in [-0.4, -0.2) is 21.8 Å². The van der Waals surface area contributed by atoms with Crippen LogP contribution in [-0.2, 0) is 11.2 Å². The van der Waals surface area contributed by atoms with E-state index in [1.807, 2.05) is 18.2 Å². The van der Waals surface area contributed by atoms with Crippen LogP contribution in [0, 0.1) is 0 Å². The monoisotopic (exact) mass is 348 g/mol. The molecule has 0 spiro atoms. The first-order valence-electron chi connectivity index (χ1n) is 8.41. The average Bonchev–Trinajstić information content (AvgIpc) is 3.12. The molecule has 26 heavy (non-hydrogen) atoms. The number of amides is 2. The highest BCUT2D eigenvalue weighted by Gasteiger charge is 2.08. The van der Waals surface area contributed by atoms with Gasteiger partial charge in [-0.25, -0.2) is 4.98 Å². The van der Waals surface area contributed by atoms with Crippen LogP contribution in [0.1, 0.15) is 28.9 Å². The Labute approximate surface area is 151 Å². The van der Waals surface area contributed by atoms with Crippen molar-refractivity contribution in [2.24, 2.45) is 5.73 Å². The molecule has 0 aliphatic heterocycles. The molecule has 0 fully saturated rings. The number of hydrogen-bond acceptors (Lipinski definition) is 3. The van der Waals surface area contributed by atoms with Gasteiger partial charge in [-0.3, -0.25) is 14.9 Å². The lowest BCUT2D eigenvalue weighted by Crippen LogP contribution is -2.14. The second-order valence-corrected chi connectivity index (χ2v) is 5.97. The van der Waals surface area contributed by atoms with Gasteiger partial charge in [0.2, 0.25) is 11.9 Å². The number of rotatable bonds is 7. The van der Waals surface area contributed by atoms with Gasteiger partial charge in [0.15, 0.2) is 0 Å². The van der Waals surface area contributed by atoms with Gasteiger partial charge in [-0.15, -0.1) is 0 Å². The average molecular weight is 348 g/mol. The summed E-state index contributed by atoms with van der Waals surface area (Å²) in [5.41, 5.74) is 8.84. The number of carbonyl (C=O) groups excluding carboxylic acids is 2. The Hall–Kier alpha value is -3.41. The Bertz CT molecular complexity index is 886. The first kappa shape index (κ1) is 17.4. The zero-order valence-corrected chi connectivity index (χ0v) is 14.2. The second-order valence-electron chi connectivity index (χ2n) is 5.97. The molecule has 0 aliphatic carbocycles. The smallest absolute Gasteiger partial charge is 0.266 e. The predicted octanol–water partition coefficient (Wildman–Crippen LogP) is 3.14. The van der Waals surface area contributed by atoms with Crippen LogP contribution in [0.5, 0.6) is 0 Å². The maximum Gasteiger partial charge on any atom is 0.266 e. The van der Waals surface area contributed by atoms with Crippen molar-refractivity contribution in [3.63, 3.8) is 0 Å². The molecule has 0 atom stereocenters. The minimum Gasteiger partial charge on any atom is -0.364 e. The van der Waals surface area contributed by atoms with Crippen molar-refractivity contribution in [3.8, 4) is 11.1 Å². The van der Waals surface area contributed by atoms with Crippen LogP contribution in [0.2, 0.25) is 0 Å². The predicted molar refractivity (Wildman–Crippen MR) is 101 cm³/mol. The van der Waals surface area contributed by atoms with E-state index in [-0.39, 0.29) is 17.5 Å². The molecule has 2 amide bonds. The van der Waals surface area contributed by atoms with Gasteiger partial charge in [0.05, 0.1) is 6.20 Å². The van der Waals surface area contributed by atoms with Gasteiger partial charge in [0.1, 0.15) is 5.69 Å². The van der Waals surface area contributed by atoms with Crippen LogP contribution < -0.4 is 11.1 Å². The second kappa shape index (κ2) is 8.11. The quantitative estimate of drug-likeness (QED) is 0.611. The Balaban J connectivity index is 1.46. The fourth-order valence-electron chi connectivity index (χ4n) is 2.65. The van der Waals surface area contributed by atoms with Gasteiger partial charge in [0.25, 0.3) is 5.91 Å². The molecule has 3 rings (SSSR count). The highest BCUT2D eigenvalue weighted by atomic mass is 16.2. The van der Waals surface area contributed by atoms with Crippen molar-refractivity contribution in [3.05, 3.63) is 72.1 Å². The SMILES string of the molecule is NC(=O)c1cnc(NC(=O)CCCc2ccc(-c3ccccc3)cc2)[nH]1. The number of carbonyl (C=O) groups is 2. The van der Waals surface area contributed by atoms with E-state index in [4.69, 9.17) is 5.73 Å². The van der Waals surface area contributed by atoms with E-state index in [9.17, 15) is 9.59 Å². The lowest BCUT2D eigenvalue weighted by Gasteiger charge is -2.05. The maximum absolute atomic E-state index is 11.9. The number of anilines is 1. The van der Waals surface area contributed by atoms with Crippen LogP contribution >= 0.6 is 0 Å². The summed E-state index contributed by atoms with van der Waals surface area (Å²) in [6, 6.07) is 18.6. The first-order chi connectivity index (χ1) is 12.6. The van der Waals surface area contributed by atoms with E-state index in [2.05, 4.69) is 51.7 Å². The molecule has 0 radical (unpaired) electrons. The summed E-state index contributed by atoms with van der Waals surface area (Å²) in [5, 5.41) is 2.62. The minimum absolute atomic E-state index is 0.156. The molecule has 0 unspecified atom stereocenters. The van der Waals surface area contributed by atoms with Gasteiger partial charge in [0, 0.05) is 6.42 Å². The van der Waals surface area contributed by atoms with Crippen molar-refractivity contribution >= 4 is 17.8 Å². The molecule has 6 heteroatoms. The number of primary amides is 1. The number of imidazole rings is 1. The molecule has 4 N–H and O–H groups in total. The molecule has 2 aromatic carbocycles. The summed E-state index contributed by atoms with van der Waals surface area (Å²) in [7, 11) is 0. The summed E-state index contributed by atoms with van der Waals surface area (Å²) >= 11 is 0. The summed E-state index contributed by atoms with van der Waals surface area (Å²) in [6.45, 7) is 0. The van der Waals surface area contributed by atoms with Gasteiger partial charge < -0.3 is 10.7 Å². The van der Waals surface area contributed by atoms with Gasteiger partial charge in [-0.05, 0) is 29.5 Å². The highest BCUT2D eigenvalue weighted by Crippen LogP contribution is 2.19. The summed E-state index contributed by atoms with van der Waals surface area (Å²) in [5.74, 6) is -0.538. The standard InChI is InChI=1S/C20H20N4O2/c21-19(26)17-13-22-20(23-17)24-18(25)8-4-5-14-9-11-16(12-10-14)15-6-2-1-3-7-15/h1-3,6-7,9-13H,4-5,8H2,(H2,21,26)(H2,22,23,24,25). The maximum atomic E-state index is 11.9. The molecular weight excluding hydrogens is 328 g/mol. The number of H-pyrrole nitrogens is 1. The number of aryl methyl sites for hydroxylation is 1. The molecular formula is C20H20N4O2. The lowest BCUT2D eigenvalue weighted by molar-refractivity contribution is -0.116. The van der Waals surface area contributed by atoms with Gasteiger partial charge in [-0.2, -0.15) is 0 Å². The number of nitrogens with one attached hydrogen (secondary N) is 2. The zero-order chi connectivity index (χ0) is 18.4. The summed E-state index contributed by atoms with van der Waals surface area (Å²) in [6.07, 6.45) is 3.20. The Morgan fingerprint density at radius 3 is 2.35 bits per heavy atom. The van der Waals surface area contributed by atoms with E-state index in [1.54, 1.807) is 0 Å². The summed E-state index contributed by atoms with van der Waals surface area (Å²) < 4.78 is 0. The molecule has 6 nitrogen and oxygen atoms in total. The molecule has 0 bridgehead atoms. The van der Waals surface area contributed by atoms with E-state index >= 15 is 0 Å². The number of aromatic amines is 1. The topological polar surface area (TPSA) is 101 Å². The summed E-state index contributed by atoms with van der Waals surface area (Å²) in [4.78, 5) is 29.5. The van der Waals surface area contributed by atoms with Crippen molar-refractivity contribution in [2.75, 3.05) is 5.32 Å². The molecule has 1 heterocycles. The number of nitrogens with two attached hydrogens (primary N) is 1. The van der Waals surface area contributed by atoms with Crippen molar-refractivity contribution in [2.45, 2.75) is 19.3 Å². The Morgan fingerprint density at radius 2 is 1.69 bits per heavy atom. The Kier molecular flexibility index (Phi) is 5.43. The van der Waals surface area contributed by atoms with Gasteiger partial charge >= 0.3 is 0 Å². The fraction of sp³-hybridized carbons (Fsp3) is 0.150. The third-order valence-corrected chi connectivity index (χ3v) is 4.03. The van der Waals surface area contributed by atoms with Crippen LogP contribution in [0.4, 0.5) is 5.95 Å². The molecule has 0 saturated carbocycles. The molecule has 0 aliphatic rings. The fourth-order valence-corrected chi connectivity index (χ4v) is 2.65. The third-order valence-electron chi connectivity index (χ3n) is 4.03. The molecule has 0 saturated heterocycles. The molecule has 132 valence electrons. The van der Waals surface area contributed by atoms with Gasteiger partial charge in [-0.1, -0.05) is 54.6 Å². The van der Waals surface area contributed by atoms with Crippen molar-refractivity contribution in [1.82, 2.24) is 9.97 Å². The molecule has 3 aromatic rings. The number of nitrogens with zero attached hydrogens (tertiary/aromatic N) is 1. The number of hydrogen-bond donors (Lipinski definition) is 3. The normalized spacial score (nSPS) is 10.5. The van der Waals surface area contributed by atoms with E-state index in [0.29, 0.717) is 6.42 Å². The van der Waals surface area contributed by atoms with Crippen molar-refractivity contribution in [1.29, 1.82) is 0 Å². The largest absolute Gasteiger partial charge is 0.364 e. The molecule has 1 aromatic heterocycles. The third kappa shape index (κ3) is 4.57. The zero-order valence-electron chi connectivity index (χ0n) is 14.2. The van der Waals surface area contributed by atoms with Crippen LogP contribution in [0.3, 0.4) is 0 Å². The van der Waals surface area contributed by atoms with E-state index in [0.717, 1.165) is 12.8 Å². The number of benzene rings is 2. The number of aromatic nitrogens is 2. The Morgan fingerprint density at radius 1 is 1.00 bits per heavy atom. The van der Waals surface area contributed by atoms with E-state index in [1.165, 1.54) is 22.9 Å². The van der Waals surface area contributed by atoms with Crippen LogP contribution in [0.15, 0.2) is 60.8 Å². The minimum atomic E-state index is -0.614. The van der Waals surface area contributed by atoms with Crippen molar-refractivity contribution < 1.29 is 9.59 Å². The first-order valence-corrected chi connectivity index (χ1v) is 8.41. The highest BCUT2D eigenvalue weighted by molar-refractivity contribution is 5.93.